The van der Waals surface area contributed by atoms with Gasteiger partial charge in [-0.3, -0.25) is 4.90 Å². The highest BCUT2D eigenvalue weighted by atomic mass is 15.2. The molecule has 2 heterocycles. The van der Waals surface area contributed by atoms with Crippen molar-refractivity contribution in [1.82, 2.24) is 14.9 Å². The van der Waals surface area contributed by atoms with Crippen molar-refractivity contribution < 1.29 is 0 Å². The summed E-state index contributed by atoms with van der Waals surface area (Å²) in [5.74, 6) is 2.75. The maximum absolute atomic E-state index is 4.66. The van der Waals surface area contributed by atoms with Crippen molar-refractivity contribution in [2.45, 2.75) is 60.0 Å². The summed E-state index contributed by atoms with van der Waals surface area (Å²) < 4.78 is 0. The summed E-state index contributed by atoms with van der Waals surface area (Å²) in [7, 11) is 0. The van der Waals surface area contributed by atoms with Crippen LogP contribution in [0.5, 0.6) is 0 Å². The van der Waals surface area contributed by atoms with Gasteiger partial charge >= 0.3 is 0 Å². The molecule has 4 rings (SSSR count). The highest BCUT2D eigenvalue weighted by Gasteiger charge is 2.21. The first kappa shape index (κ1) is 24.9. The van der Waals surface area contributed by atoms with Gasteiger partial charge in [0.1, 0.15) is 11.6 Å². The van der Waals surface area contributed by atoms with Crippen molar-refractivity contribution in [3.8, 4) is 0 Å². The number of rotatable bonds is 8. The molecule has 0 amide bonds. The molecular weight excluding hydrogens is 404 g/mol. The van der Waals surface area contributed by atoms with Gasteiger partial charge in [-0.1, -0.05) is 74.5 Å². The molecule has 3 aromatic rings. The predicted octanol–water partition coefficient (Wildman–Crippen LogP) is 6.43. The third-order valence-corrected chi connectivity index (χ3v) is 6.24. The number of anilines is 1. The van der Waals surface area contributed by atoms with E-state index in [0.29, 0.717) is 0 Å². The third kappa shape index (κ3) is 7.97. The van der Waals surface area contributed by atoms with E-state index in [1.807, 2.05) is 20.8 Å². The highest BCUT2D eigenvalue weighted by Crippen LogP contribution is 2.25. The van der Waals surface area contributed by atoms with Gasteiger partial charge in [-0.25, -0.2) is 9.97 Å². The van der Waals surface area contributed by atoms with Gasteiger partial charge in [-0.15, -0.1) is 0 Å². The zero-order valence-electron chi connectivity index (χ0n) is 20.9. The predicted molar refractivity (Wildman–Crippen MR) is 139 cm³/mol. The van der Waals surface area contributed by atoms with Gasteiger partial charge in [0.05, 0.1) is 0 Å². The quantitative estimate of drug-likeness (QED) is 0.401. The van der Waals surface area contributed by atoms with Crippen LogP contribution in [0, 0.1) is 19.8 Å². The fraction of sp³-hybridized carbons (Fsp3) is 0.448. The summed E-state index contributed by atoms with van der Waals surface area (Å²) in [6.07, 6.45) is 3.74. The van der Waals surface area contributed by atoms with Crippen LogP contribution in [0.2, 0.25) is 0 Å². The molecule has 0 spiro atoms. The lowest BCUT2D eigenvalue weighted by Crippen LogP contribution is -2.35. The van der Waals surface area contributed by atoms with Gasteiger partial charge in [0.25, 0.3) is 0 Å². The van der Waals surface area contributed by atoms with Crippen LogP contribution >= 0.6 is 0 Å². The Morgan fingerprint density at radius 2 is 1.36 bits per heavy atom. The lowest BCUT2D eigenvalue weighted by molar-refractivity contribution is 0.224. The standard InChI is InChI=1S/C27H34N4.C2H6/c1-22-19-27(29-23(2)28-22)31-17-14-24(15-18-31)13-16-30(20-25-9-5-3-6-10-25)21-26-11-7-4-8-12-26;1-2/h3-12,19,24H,13-18,20-21H2,1-2H3;1-2H3. The van der Waals surface area contributed by atoms with Crippen LogP contribution in [0.15, 0.2) is 66.7 Å². The number of benzene rings is 2. The first-order valence-electron chi connectivity index (χ1n) is 12.5. The van der Waals surface area contributed by atoms with Crippen molar-refractivity contribution in [3.63, 3.8) is 0 Å². The second-order valence-corrected chi connectivity index (χ2v) is 8.82. The topological polar surface area (TPSA) is 32.3 Å². The Morgan fingerprint density at radius 1 is 0.818 bits per heavy atom. The Labute approximate surface area is 200 Å². The van der Waals surface area contributed by atoms with Crippen LogP contribution in [0.3, 0.4) is 0 Å². The van der Waals surface area contributed by atoms with Crippen LogP contribution in [0.1, 0.15) is 55.8 Å². The summed E-state index contributed by atoms with van der Waals surface area (Å²) in [5, 5.41) is 0. The van der Waals surface area contributed by atoms with E-state index in [9.17, 15) is 0 Å². The normalized spacial score (nSPS) is 14.2. The van der Waals surface area contributed by atoms with Gasteiger partial charge in [0.2, 0.25) is 0 Å². The molecule has 0 aliphatic carbocycles. The molecule has 1 aliphatic rings. The van der Waals surface area contributed by atoms with Gasteiger partial charge in [0.15, 0.2) is 0 Å². The minimum absolute atomic E-state index is 0.786. The van der Waals surface area contributed by atoms with Gasteiger partial charge in [-0.05, 0) is 56.7 Å². The molecule has 1 aromatic heterocycles. The zero-order chi connectivity index (χ0) is 23.5. The molecule has 1 aliphatic heterocycles. The SMILES string of the molecule is CC.Cc1cc(N2CCC(CCN(Cc3ccccc3)Cc3ccccc3)CC2)nc(C)n1. The molecule has 0 atom stereocenters. The number of aryl methyl sites for hydroxylation is 2. The number of hydrogen-bond acceptors (Lipinski definition) is 4. The number of nitrogens with zero attached hydrogens (tertiary/aromatic N) is 4. The van der Waals surface area contributed by atoms with Crippen LogP contribution in [0.25, 0.3) is 0 Å². The Bertz CT molecular complexity index is 873. The molecule has 4 heteroatoms. The van der Waals surface area contributed by atoms with Crippen LogP contribution < -0.4 is 4.90 Å². The molecule has 2 aromatic carbocycles. The van der Waals surface area contributed by atoms with Crippen LogP contribution in [-0.4, -0.2) is 34.5 Å². The van der Waals surface area contributed by atoms with Gasteiger partial charge in [0, 0.05) is 37.9 Å². The fourth-order valence-electron chi connectivity index (χ4n) is 4.57. The monoisotopic (exact) mass is 444 g/mol. The van der Waals surface area contributed by atoms with E-state index in [1.54, 1.807) is 0 Å². The largest absolute Gasteiger partial charge is 0.356 e. The molecular formula is C29H40N4. The Kier molecular flexibility index (Phi) is 9.89. The van der Waals surface area contributed by atoms with Crippen molar-refractivity contribution in [2.75, 3.05) is 24.5 Å². The molecule has 0 unspecified atom stereocenters. The first-order chi connectivity index (χ1) is 16.2. The average molecular weight is 445 g/mol. The maximum atomic E-state index is 4.66. The van der Waals surface area contributed by atoms with Gasteiger partial charge in [-0.2, -0.15) is 0 Å². The Morgan fingerprint density at radius 3 is 1.88 bits per heavy atom. The number of hydrogen-bond donors (Lipinski definition) is 0. The Balaban J connectivity index is 0.00000149. The second-order valence-electron chi connectivity index (χ2n) is 8.82. The van der Waals surface area contributed by atoms with Crippen molar-refractivity contribution in [2.24, 2.45) is 5.92 Å². The van der Waals surface area contributed by atoms with Crippen molar-refractivity contribution in [3.05, 3.63) is 89.4 Å². The molecule has 176 valence electrons. The van der Waals surface area contributed by atoms with E-state index in [-0.39, 0.29) is 0 Å². The average Bonchev–Trinajstić information content (AvgIpc) is 2.85. The summed E-state index contributed by atoms with van der Waals surface area (Å²) in [5.41, 5.74) is 3.84. The molecule has 0 bridgehead atoms. The van der Waals surface area contributed by atoms with Gasteiger partial charge < -0.3 is 4.90 Å². The van der Waals surface area contributed by atoms with Crippen molar-refractivity contribution in [1.29, 1.82) is 0 Å². The van der Waals surface area contributed by atoms with E-state index in [4.69, 9.17) is 0 Å². The van der Waals surface area contributed by atoms with Crippen LogP contribution in [0.4, 0.5) is 5.82 Å². The summed E-state index contributed by atoms with van der Waals surface area (Å²) in [4.78, 5) is 14.1. The lowest BCUT2D eigenvalue weighted by atomic mass is 9.93. The summed E-state index contributed by atoms with van der Waals surface area (Å²) >= 11 is 0. The Hall–Kier alpha value is -2.72. The van der Waals surface area contributed by atoms with Crippen LogP contribution in [-0.2, 0) is 13.1 Å². The van der Waals surface area contributed by atoms with E-state index >= 15 is 0 Å². The van der Waals surface area contributed by atoms with Crippen molar-refractivity contribution >= 4 is 5.82 Å². The first-order valence-corrected chi connectivity index (χ1v) is 12.5. The molecule has 0 radical (unpaired) electrons. The summed E-state index contributed by atoms with van der Waals surface area (Å²) in [6, 6.07) is 23.8. The molecule has 4 nitrogen and oxygen atoms in total. The highest BCUT2D eigenvalue weighted by molar-refractivity contribution is 5.40. The van der Waals surface area contributed by atoms with E-state index in [0.717, 1.165) is 56.0 Å². The molecule has 1 saturated heterocycles. The lowest BCUT2D eigenvalue weighted by Gasteiger charge is -2.34. The smallest absolute Gasteiger partial charge is 0.132 e. The minimum Gasteiger partial charge on any atom is -0.356 e. The number of piperidine rings is 1. The fourth-order valence-corrected chi connectivity index (χ4v) is 4.57. The molecule has 0 saturated carbocycles. The summed E-state index contributed by atoms with van der Waals surface area (Å²) in [6.45, 7) is 13.4. The molecule has 1 fully saturated rings. The maximum Gasteiger partial charge on any atom is 0.132 e. The third-order valence-electron chi connectivity index (χ3n) is 6.24. The van der Waals surface area contributed by atoms with E-state index in [1.165, 1.54) is 30.4 Å². The zero-order valence-corrected chi connectivity index (χ0v) is 20.9. The minimum atomic E-state index is 0.786. The second kappa shape index (κ2) is 13.1. The van der Waals surface area contributed by atoms with E-state index in [2.05, 4.69) is 93.4 Å². The number of aromatic nitrogens is 2. The molecule has 33 heavy (non-hydrogen) atoms. The molecule has 0 N–H and O–H groups in total. The van der Waals surface area contributed by atoms with E-state index < -0.39 is 0 Å².